The van der Waals surface area contributed by atoms with Crippen LogP contribution < -0.4 is 4.74 Å². The lowest BCUT2D eigenvalue weighted by Gasteiger charge is -2.05. The van der Waals surface area contributed by atoms with Gasteiger partial charge in [-0.2, -0.15) is 0 Å². The van der Waals surface area contributed by atoms with Crippen LogP contribution in [-0.2, 0) is 0 Å². The Morgan fingerprint density at radius 3 is 2.33 bits per heavy atom. The summed E-state index contributed by atoms with van der Waals surface area (Å²) in [6.07, 6.45) is 0. The fourth-order valence-corrected chi connectivity index (χ4v) is 1.51. The molecule has 2 aromatic rings. The van der Waals surface area contributed by atoms with Crippen LogP contribution in [0.2, 0.25) is 0 Å². The molecule has 2 aromatic carbocycles. The van der Waals surface area contributed by atoms with Gasteiger partial charge in [-0.05, 0) is 30.2 Å². The van der Waals surface area contributed by atoms with Crippen LogP contribution in [-0.4, -0.2) is 6.61 Å². The van der Waals surface area contributed by atoms with Gasteiger partial charge in [-0.3, -0.25) is 0 Å². The molecule has 2 rings (SSSR count). The molecule has 15 heavy (non-hydrogen) atoms. The SMILES string of the molecule is [CH2]COc1cccc(-c2ccccc2)c1. The largest absolute Gasteiger partial charge is 0.494 e. The van der Waals surface area contributed by atoms with E-state index in [2.05, 4.69) is 25.1 Å². The lowest BCUT2D eigenvalue weighted by Crippen LogP contribution is -1.91. The number of rotatable bonds is 3. The summed E-state index contributed by atoms with van der Waals surface area (Å²) in [6.45, 7) is 4.12. The molecule has 0 aliphatic carbocycles. The summed E-state index contributed by atoms with van der Waals surface area (Å²) in [4.78, 5) is 0. The Kier molecular flexibility index (Phi) is 3.03. The van der Waals surface area contributed by atoms with E-state index in [4.69, 9.17) is 4.74 Å². The van der Waals surface area contributed by atoms with Crippen molar-refractivity contribution in [1.29, 1.82) is 0 Å². The summed E-state index contributed by atoms with van der Waals surface area (Å²) in [5, 5.41) is 0. The van der Waals surface area contributed by atoms with E-state index in [1.54, 1.807) is 0 Å². The Balaban J connectivity index is 2.33. The zero-order chi connectivity index (χ0) is 10.5. The topological polar surface area (TPSA) is 9.23 Å². The molecule has 0 saturated carbocycles. The third-order valence-corrected chi connectivity index (χ3v) is 2.21. The van der Waals surface area contributed by atoms with Gasteiger partial charge in [0.1, 0.15) is 5.75 Å². The second-order valence-electron chi connectivity index (χ2n) is 3.24. The average Bonchev–Trinajstić information content (AvgIpc) is 2.31. The van der Waals surface area contributed by atoms with Crippen molar-refractivity contribution >= 4 is 0 Å². The Hall–Kier alpha value is -1.76. The summed E-state index contributed by atoms with van der Waals surface area (Å²) in [5.41, 5.74) is 2.37. The van der Waals surface area contributed by atoms with Crippen molar-refractivity contribution in [2.24, 2.45) is 0 Å². The van der Waals surface area contributed by atoms with E-state index in [1.807, 2.05) is 36.4 Å². The quantitative estimate of drug-likeness (QED) is 0.731. The van der Waals surface area contributed by atoms with E-state index in [0.717, 1.165) is 5.75 Å². The normalized spacial score (nSPS) is 9.93. The molecule has 0 aromatic heterocycles. The van der Waals surface area contributed by atoms with Gasteiger partial charge in [0.15, 0.2) is 0 Å². The minimum absolute atomic E-state index is 0.457. The Bertz CT molecular complexity index is 420. The van der Waals surface area contributed by atoms with Crippen LogP contribution in [0.4, 0.5) is 0 Å². The van der Waals surface area contributed by atoms with Gasteiger partial charge in [-0.25, -0.2) is 0 Å². The smallest absolute Gasteiger partial charge is 0.119 e. The van der Waals surface area contributed by atoms with Crippen LogP contribution in [0.5, 0.6) is 5.75 Å². The van der Waals surface area contributed by atoms with Gasteiger partial charge in [0, 0.05) is 0 Å². The molecule has 0 heterocycles. The van der Waals surface area contributed by atoms with Crippen molar-refractivity contribution in [3.05, 3.63) is 61.5 Å². The minimum Gasteiger partial charge on any atom is -0.494 e. The van der Waals surface area contributed by atoms with E-state index in [9.17, 15) is 0 Å². The molecule has 0 saturated heterocycles. The molecule has 0 N–H and O–H groups in total. The Morgan fingerprint density at radius 1 is 0.867 bits per heavy atom. The number of ether oxygens (including phenoxy) is 1. The Morgan fingerprint density at radius 2 is 1.60 bits per heavy atom. The predicted molar refractivity (Wildman–Crippen MR) is 62.7 cm³/mol. The fourth-order valence-electron chi connectivity index (χ4n) is 1.51. The summed E-state index contributed by atoms with van der Waals surface area (Å²) in [6, 6.07) is 18.3. The first kappa shape index (κ1) is 9.78. The maximum Gasteiger partial charge on any atom is 0.119 e. The first-order chi connectivity index (χ1) is 7.40. The first-order valence-electron chi connectivity index (χ1n) is 4.97. The van der Waals surface area contributed by atoms with Gasteiger partial charge >= 0.3 is 0 Å². The molecule has 1 nitrogen and oxygen atoms in total. The Labute approximate surface area is 90.3 Å². The standard InChI is InChI=1S/C14H13O/c1-2-15-14-10-6-9-13(11-14)12-7-4-3-5-8-12/h3-11H,1-2H2. The summed E-state index contributed by atoms with van der Waals surface area (Å²) in [7, 11) is 0. The van der Waals surface area contributed by atoms with Gasteiger partial charge in [0.05, 0.1) is 6.61 Å². The molecule has 0 atom stereocenters. The highest BCUT2D eigenvalue weighted by Gasteiger charge is 1.98. The third kappa shape index (κ3) is 2.38. The predicted octanol–water partition coefficient (Wildman–Crippen LogP) is 3.57. The average molecular weight is 197 g/mol. The van der Waals surface area contributed by atoms with E-state index in [-0.39, 0.29) is 0 Å². The molecule has 0 aliphatic rings. The molecule has 0 spiro atoms. The van der Waals surface area contributed by atoms with Crippen molar-refractivity contribution in [3.63, 3.8) is 0 Å². The monoisotopic (exact) mass is 197 g/mol. The lowest BCUT2D eigenvalue weighted by atomic mass is 10.1. The van der Waals surface area contributed by atoms with E-state index >= 15 is 0 Å². The van der Waals surface area contributed by atoms with Gasteiger partial charge in [0.25, 0.3) is 0 Å². The third-order valence-electron chi connectivity index (χ3n) is 2.21. The molecular weight excluding hydrogens is 184 g/mol. The van der Waals surface area contributed by atoms with E-state index in [1.165, 1.54) is 11.1 Å². The van der Waals surface area contributed by atoms with Gasteiger partial charge in [-0.1, -0.05) is 42.5 Å². The molecule has 75 valence electrons. The number of hydrogen-bond donors (Lipinski definition) is 0. The summed E-state index contributed by atoms with van der Waals surface area (Å²) >= 11 is 0. The van der Waals surface area contributed by atoms with Gasteiger partial charge in [-0.15, -0.1) is 0 Å². The van der Waals surface area contributed by atoms with Crippen molar-refractivity contribution < 1.29 is 4.74 Å². The fraction of sp³-hybridized carbons (Fsp3) is 0.0714. The van der Waals surface area contributed by atoms with Crippen LogP contribution >= 0.6 is 0 Å². The molecule has 0 amide bonds. The van der Waals surface area contributed by atoms with Crippen LogP contribution in [0.3, 0.4) is 0 Å². The molecule has 0 aliphatic heterocycles. The van der Waals surface area contributed by atoms with Crippen molar-refractivity contribution in [2.45, 2.75) is 0 Å². The maximum atomic E-state index is 5.36. The maximum absolute atomic E-state index is 5.36. The number of hydrogen-bond acceptors (Lipinski definition) is 1. The molecular formula is C14H13O. The molecule has 1 radical (unpaired) electrons. The summed E-state index contributed by atoms with van der Waals surface area (Å²) < 4.78 is 5.36. The second-order valence-corrected chi connectivity index (χ2v) is 3.24. The highest BCUT2D eigenvalue weighted by molar-refractivity contribution is 5.64. The molecule has 0 unspecified atom stereocenters. The van der Waals surface area contributed by atoms with Crippen molar-refractivity contribution in [1.82, 2.24) is 0 Å². The molecule has 1 heteroatoms. The highest BCUT2D eigenvalue weighted by Crippen LogP contribution is 2.23. The second kappa shape index (κ2) is 4.65. The van der Waals surface area contributed by atoms with Crippen LogP contribution in [0, 0.1) is 6.92 Å². The lowest BCUT2D eigenvalue weighted by molar-refractivity contribution is 0.361. The first-order valence-corrected chi connectivity index (χ1v) is 4.97. The van der Waals surface area contributed by atoms with Crippen molar-refractivity contribution in [2.75, 3.05) is 6.61 Å². The minimum atomic E-state index is 0.457. The van der Waals surface area contributed by atoms with Crippen LogP contribution in [0.15, 0.2) is 54.6 Å². The highest BCUT2D eigenvalue weighted by atomic mass is 16.5. The zero-order valence-corrected chi connectivity index (χ0v) is 8.52. The van der Waals surface area contributed by atoms with E-state index in [0.29, 0.717) is 6.61 Å². The molecule has 0 bridgehead atoms. The van der Waals surface area contributed by atoms with Crippen molar-refractivity contribution in [3.8, 4) is 16.9 Å². The van der Waals surface area contributed by atoms with E-state index < -0.39 is 0 Å². The molecule has 0 fully saturated rings. The van der Waals surface area contributed by atoms with Gasteiger partial charge in [0.2, 0.25) is 0 Å². The zero-order valence-electron chi connectivity index (χ0n) is 8.52. The van der Waals surface area contributed by atoms with Gasteiger partial charge < -0.3 is 4.74 Å². The number of benzene rings is 2. The van der Waals surface area contributed by atoms with Crippen LogP contribution in [0.1, 0.15) is 0 Å². The van der Waals surface area contributed by atoms with Crippen LogP contribution in [0.25, 0.3) is 11.1 Å². The summed E-state index contributed by atoms with van der Waals surface area (Å²) in [5.74, 6) is 0.867.